The summed E-state index contributed by atoms with van der Waals surface area (Å²) in [5.41, 5.74) is -0.128. The number of piperidine rings is 1. The Bertz CT molecular complexity index is 623. The topological polar surface area (TPSA) is 78.7 Å². The number of carbonyl (C=O) groups excluding carboxylic acids is 2. The van der Waals surface area contributed by atoms with Gasteiger partial charge in [0.25, 0.3) is 0 Å². The summed E-state index contributed by atoms with van der Waals surface area (Å²) in [5.74, 6) is -0.140. The summed E-state index contributed by atoms with van der Waals surface area (Å²) in [7, 11) is 5.22. The molecule has 132 valence electrons. The number of amides is 2. The molecule has 1 N–H and O–H groups in total. The van der Waals surface area contributed by atoms with Crippen LogP contribution in [0.15, 0.2) is 18.5 Å². The molecular weight excluding hydrogens is 308 g/mol. The van der Waals surface area contributed by atoms with Crippen LogP contribution >= 0.6 is 0 Å². The van der Waals surface area contributed by atoms with E-state index in [2.05, 4.69) is 5.10 Å². The maximum absolute atomic E-state index is 12.3. The van der Waals surface area contributed by atoms with Crippen LogP contribution in [0.25, 0.3) is 6.08 Å². The highest BCUT2D eigenvalue weighted by Gasteiger charge is 2.35. The van der Waals surface area contributed by atoms with Gasteiger partial charge in [0.05, 0.1) is 11.8 Å². The SMILES string of the molecule is CN(C)C(=O)CC[C@]1(O)CCCN(C(=O)/C=C/c2cnn(C)c2)C1. The van der Waals surface area contributed by atoms with E-state index >= 15 is 0 Å². The molecule has 1 atom stereocenters. The van der Waals surface area contributed by atoms with Gasteiger partial charge in [0.1, 0.15) is 0 Å². The van der Waals surface area contributed by atoms with Crippen molar-refractivity contribution < 1.29 is 14.7 Å². The van der Waals surface area contributed by atoms with Gasteiger partial charge in [-0.2, -0.15) is 5.10 Å². The third-order valence-electron chi connectivity index (χ3n) is 4.31. The van der Waals surface area contributed by atoms with Crippen molar-refractivity contribution in [2.45, 2.75) is 31.3 Å². The number of hydrogen-bond acceptors (Lipinski definition) is 4. The number of likely N-dealkylation sites (tertiary alicyclic amines) is 1. The molecule has 0 bridgehead atoms. The summed E-state index contributed by atoms with van der Waals surface area (Å²) in [4.78, 5) is 27.2. The first-order chi connectivity index (χ1) is 11.3. The molecule has 1 saturated heterocycles. The number of aryl methyl sites for hydroxylation is 1. The molecule has 1 aromatic heterocycles. The average molecular weight is 334 g/mol. The van der Waals surface area contributed by atoms with E-state index in [0.29, 0.717) is 19.4 Å². The Morgan fingerprint density at radius 3 is 2.83 bits per heavy atom. The molecule has 2 heterocycles. The summed E-state index contributed by atoms with van der Waals surface area (Å²) in [5, 5.41) is 14.8. The fourth-order valence-electron chi connectivity index (χ4n) is 2.87. The van der Waals surface area contributed by atoms with Crippen molar-refractivity contribution in [3.05, 3.63) is 24.0 Å². The van der Waals surface area contributed by atoms with Crippen molar-refractivity contribution >= 4 is 17.9 Å². The zero-order valence-corrected chi connectivity index (χ0v) is 14.6. The van der Waals surface area contributed by atoms with E-state index in [-0.39, 0.29) is 24.8 Å². The Kier molecular flexibility index (Phi) is 5.77. The van der Waals surface area contributed by atoms with E-state index < -0.39 is 5.60 Å². The van der Waals surface area contributed by atoms with Crippen molar-refractivity contribution in [3.8, 4) is 0 Å². The summed E-state index contributed by atoms with van der Waals surface area (Å²) >= 11 is 0. The van der Waals surface area contributed by atoms with Gasteiger partial charge in [-0.15, -0.1) is 0 Å². The second kappa shape index (κ2) is 7.61. The predicted octanol–water partition coefficient (Wildman–Crippen LogP) is 0.655. The third-order valence-corrected chi connectivity index (χ3v) is 4.31. The lowest BCUT2D eigenvalue weighted by molar-refractivity contribution is -0.135. The van der Waals surface area contributed by atoms with Gasteiger partial charge in [0.15, 0.2) is 0 Å². The first-order valence-corrected chi connectivity index (χ1v) is 8.17. The molecule has 2 rings (SSSR count). The number of nitrogens with zero attached hydrogens (tertiary/aromatic N) is 4. The van der Waals surface area contributed by atoms with Crippen LogP contribution in [0.1, 0.15) is 31.2 Å². The molecule has 1 aliphatic rings. The molecule has 0 saturated carbocycles. The lowest BCUT2D eigenvalue weighted by Gasteiger charge is -2.39. The molecule has 7 nitrogen and oxygen atoms in total. The second-order valence-electron chi connectivity index (χ2n) is 6.66. The minimum Gasteiger partial charge on any atom is -0.388 e. The Balaban J connectivity index is 1.92. The van der Waals surface area contributed by atoms with E-state index in [9.17, 15) is 14.7 Å². The molecule has 24 heavy (non-hydrogen) atoms. The van der Waals surface area contributed by atoms with E-state index in [1.54, 1.807) is 35.9 Å². The Morgan fingerprint density at radius 1 is 1.46 bits per heavy atom. The molecule has 2 amide bonds. The molecule has 0 aromatic carbocycles. The van der Waals surface area contributed by atoms with E-state index in [4.69, 9.17) is 0 Å². The minimum atomic E-state index is -0.984. The quantitative estimate of drug-likeness (QED) is 0.802. The fourth-order valence-corrected chi connectivity index (χ4v) is 2.87. The van der Waals surface area contributed by atoms with Gasteiger partial charge in [-0.3, -0.25) is 14.3 Å². The highest BCUT2D eigenvalue weighted by molar-refractivity contribution is 5.91. The fraction of sp³-hybridized carbons (Fsp3) is 0.588. The maximum atomic E-state index is 12.3. The highest BCUT2D eigenvalue weighted by atomic mass is 16.3. The van der Waals surface area contributed by atoms with E-state index in [1.807, 2.05) is 13.2 Å². The number of rotatable bonds is 5. The van der Waals surface area contributed by atoms with Crippen LogP contribution in [0.2, 0.25) is 0 Å². The Hall–Kier alpha value is -2.15. The molecule has 0 aliphatic carbocycles. The van der Waals surface area contributed by atoms with Crippen LogP contribution in [0.3, 0.4) is 0 Å². The number of carbonyl (C=O) groups is 2. The number of β-amino-alcohol motifs (C(OH)–C–C–N with tert-alkyl or cyclic N) is 1. The van der Waals surface area contributed by atoms with Crippen LogP contribution in [-0.2, 0) is 16.6 Å². The van der Waals surface area contributed by atoms with Crippen molar-refractivity contribution in [2.24, 2.45) is 7.05 Å². The summed E-state index contributed by atoms with van der Waals surface area (Å²) in [6.07, 6.45) is 8.75. The maximum Gasteiger partial charge on any atom is 0.246 e. The summed E-state index contributed by atoms with van der Waals surface area (Å²) < 4.78 is 1.67. The molecule has 1 aliphatic heterocycles. The van der Waals surface area contributed by atoms with Crippen LogP contribution in [-0.4, -0.2) is 69.3 Å². The standard InChI is InChI=1S/C17H26N4O3/c1-19(2)15(22)7-9-17(24)8-4-10-21(13-17)16(23)6-5-14-11-18-20(3)12-14/h5-6,11-12,24H,4,7-10,13H2,1-3H3/b6-5+/t17-/m1/s1. The average Bonchev–Trinajstić information content (AvgIpc) is 2.95. The highest BCUT2D eigenvalue weighted by Crippen LogP contribution is 2.26. The van der Waals surface area contributed by atoms with Crippen LogP contribution < -0.4 is 0 Å². The normalized spacial score (nSPS) is 21.2. The van der Waals surface area contributed by atoms with Gasteiger partial charge in [-0.25, -0.2) is 0 Å². The van der Waals surface area contributed by atoms with Gasteiger partial charge in [0.2, 0.25) is 11.8 Å². The monoisotopic (exact) mass is 334 g/mol. The second-order valence-corrected chi connectivity index (χ2v) is 6.66. The van der Waals surface area contributed by atoms with Crippen molar-refractivity contribution in [2.75, 3.05) is 27.2 Å². The van der Waals surface area contributed by atoms with Gasteiger partial charge < -0.3 is 14.9 Å². The van der Waals surface area contributed by atoms with E-state index in [0.717, 1.165) is 12.0 Å². The zero-order valence-electron chi connectivity index (χ0n) is 14.6. The van der Waals surface area contributed by atoms with Gasteiger partial charge in [0, 0.05) is 58.5 Å². The predicted molar refractivity (Wildman–Crippen MR) is 90.9 cm³/mol. The largest absolute Gasteiger partial charge is 0.388 e. The van der Waals surface area contributed by atoms with E-state index in [1.165, 1.54) is 11.0 Å². The first kappa shape index (κ1) is 18.2. The van der Waals surface area contributed by atoms with Crippen molar-refractivity contribution in [1.82, 2.24) is 19.6 Å². The number of aromatic nitrogens is 2. The minimum absolute atomic E-state index is 0.0108. The molecule has 0 unspecified atom stereocenters. The van der Waals surface area contributed by atoms with Gasteiger partial charge in [-0.1, -0.05) is 0 Å². The molecule has 1 aromatic rings. The van der Waals surface area contributed by atoms with Crippen molar-refractivity contribution in [3.63, 3.8) is 0 Å². The first-order valence-electron chi connectivity index (χ1n) is 8.17. The molecular formula is C17H26N4O3. The Morgan fingerprint density at radius 2 is 2.21 bits per heavy atom. The molecule has 0 radical (unpaired) electrons. The molecule has 7 heteroatoms. The molecule has 0 spiro atoms. The zero-order chi connectivity index (χ0) is 17.7. The number of hydrogen-bond donors (Lipinski definition) is 1. The van der Waals surface area contributed by atoms with Crippen LogP contribution in [0, 0.1) is 0 Å². The molecule has 1 fully saturated rings. The van der Waals surface area contributed by atoms with Gasteiger partial charge in [-0.05, 0) is 25.3 Å². The van der Waals surface area contributed by atoms with Crippen molar-refractivity contribution in [1.29, 1.82) is 0 Å². The summed E-state index contributed by atoms with van der Waals surface area (Å²) in [6, 6.07) is 0. The number of aliphatic hydroxyl groups is 1. The third kappa shape index (κ3) is 4.92. The lowest BCUT2D eigenvalue weighted by Crippen LogP contribution is -2.50. The smallest absolute Gasteiger partial charge is 0.246 e. The lowest BCUT2D eigenvalue weighted by atomic mass is 9.88. The summed E-state index contributed by atoms with van der Waals surface area (Å²) in [6.45, 7) is 0.893. The van der Waals surface area contributed by atoms with Gasteiger partial charge >= 0.3 is 0 Å². The Labute approximate surface area is 142 Å². The van der Waals surface area contributed by atoms with Crippen LogP contribution in [0.4, 0.5) is 0 Å². The van der Waals surface area contributed by atoms with Crippen LogP contribution in [0.5, 0.6) is 0 Å².